The van der Waals surface area contributed by atoms with E-state index < -0.39 is 0 Å². The Kier molecular flexibility index (Phi) is 2.66. The lowest BCUT2D eigenvalue weighted by atomic mass is 9.82. The van der Waals surface area contributed by atoms with Gasteiger partial charge < -0.3 is 10.1 Å². The molecule has 0 bridgehead atoms. The molecule has 1 N–H and O–H groups in total. The number of fused-ring (bicyclic) bond motifs is 3. The molecule has 0 saturated carbocycles. The predicted molar refractivity (Wildman–Crippen MR) is 65.0 cm³/mol. The minimum Gasteiger partial charge on any atom is -0.373 e. The first-order valence-electron chi connectivity index (χ1n) is 5.87. The second-order valence-electron chi connectivity index (χ2n) is 4.71. The van der Waals surface area contributed by atoms with Gasteiger partial charge in [0.2, 0.25) is 0 Å². The van der Waals surface area contributed by atoms with E-state index in [9.17, 15) is 0 Å². The summed E-state index contributed by atoms with van der Waals surface area (Å²) in [5, 5.41) is 4.30. The number of halogens is 1. The van der Waals surface area contributed by atoms with E-state index in [1.54, 1.807) is 0 Å². The molecule has 2 heterocycles. The smallest absolute Gasteiger partial charge is 0.0738 e. The monoisotopic (exact) mass is 237 g/mol. The van der Waals surface area contributed by atoms with Crippen LogP contribution in [0.2, 0.25) is 5.02 Å². The van der Waals surface area contributed by atoms with E-state index in [4.69, 9.17) is 16.3 Å². The van der Waals surface area contributed by atoms with Gasteiger partial charge in [-0.2, -0.15) is 0 Å². The lowest BCUT2D eigenvalue weighted by molar-refractivity contribution is -0.00698. The van der Waals surface area contributed by atoms with Crippen LogP contribution < -0.4 is 5.32 Å². The second-order valence-corrected chi connectivity index (χ2v) is 5.11. The third-order valence-corrected chi connectivity index (χ3v) is 4.10. The van der Waals surface area contributed by atoms with Gasteiger partial charge in [0.15, 0.2) is 0 Å². The van der Waals surface area contributed by atoms with Crippen LogP contribution in [0.15, 0.2) is 12.1 Å². The van der Waals surface area contributed by atoms with Crippen LogP contribution in [0, 0.1) is 6.92 Å². The summed E-state index contributed by atoms with van der Waals surface area (Å²) in [6, 6.07) is 4.10. The Morgan fingerprint density at radius 1 is 1.44 bits per heavy atom. The first-order valence-corrected chi connectivity index (χ1v) is 6.25. The molecule has 2 nitrogen and oxygen atoms in total. The van der Waals surface area contributed by atoms with Crippen LogP contribution in [-0.4, -0.2) is 19.2 Å². The van der Waals surface area contributed by atoms with Crippen molar-refractivity contribution in [3.05, 3.63) is 33.8 Å². The summed E-state index contributed by atoms with van der Waals surface area (Å²) in [6.07, 6.45) is 1.49. The molecule has 0 aromatic heterocycles. The lowest BCUT2D eigenvalue weighted by Crippen LogP contribution is -2.42. The number of rotatable bonds is 0. The standard InChI is InChI=1S/C13H16ClNO/c1-8-2-3-11(14)10-7-16-12-4-5-15-6-9(12)13(8)10/h2-3,9,12,15H,4-7H2,1H3/t9-,12-/m1/s1. The summed E-state index contributed by atoms with van der Waals surface area (Å²) in [5.41, 5.74) is 3.98. The van der Waals surface area contributed by atoms with Crippen LogP contribution in [0.3, 0.4) is 0 Å². The summed E-state index contributed by atoms with van der Waals surface area (Å²) in [6.45, 7) is 4.93. The first kappa shape index (κ1) is 10.6. The van der Waals surface area contributed by atoms with Crippen LogP contribution in [0.25, 0.3) is 0 Å². The first-order chi connectivity index (χ1) is 7.77. The van der Waals surface area contributed by atoms with Crippen LogP contribution in [-0.2, 0) is 11.3 Å². The number of nitrogens with one attached hydrogen (secondary N) is 1. The summed E-state index contributed by atoms with van der Waals surface area (Å²) >= 11 is 6.24. The fourth-order valence-corrected chi connectivity index (χ4v) is 3.15. The van der Waals surface area contributed by atoms with Gasteiger partial charge in [0.05, 0.1) is 12.7 Å². The van der Waals surface area contributed by atoms with E-state index in [0.29, 0.717) is 18.6 Å². The average Bonchev–Trinajstić information content (AvgIpc) is 2.33. The largest absolute Gasteiger partial charge is 0.373 e. The van der Waals surface area contributed by atoms with Crippen LogP contribution in [0.4, 0.5) is 0 Å². The van der Waals surface area contributed by atoms with E-state index in [2.05, 4.69) is 18.3 Å². The maximum Gasteiger partial charge on any atom is 0.0738 e. The SMILES string of the molecule is Cc1ccc(Cl)c2c1[C@@H]1CNCC[C@H]1OC2. The fraction of sp³-hybridized carbons (Fsp3) is 0.538. The molecular weight excluding hydrogens is 222 g/mol. The van der Waals surface area contributed by atoms with Crippen molar-refractivity contribution in [3.8, 4) is 0 Å². The number of ether oxygens (including phenoxy) is 1. The fourth-order valence-electron chi connectivity index (χ4n) is 2.93. The summed E-state index contributed by atoms with van der Waals surface area (Å²) < 4.78 is 5.92. The van der Waals surface area contributed by atoms with Gasteiger partial charge in [-0.1, -0.05) is 17.7 Å². The molecule has 16 heavy (non-hydrogen) atoms. The Bertz CT molecular complexity index is 419. The zero-order valence-corrected chi connectivity index (χ0v) is 10.2. The Balaban J connectivity index is 2.10. The van der Waals surface area contributed by atoms with Crippen molar-refractivity contribution < 1.29 is 4.74 Å². The normalized spacial score (nSPS) is 28.4. The van der Waals surface area contributed by atoms with Crippen molar-refractivity contribution in [1.29, 1.82) is 0 Å². The van der Waals surface area contributed by atoms with E-state index >= 15 is 0 Å². The van der Waals surface area contributed by atoms with Crippen molar-refractivity contribution in [2.75, 3.05) is 13.1 Å². The minimum absolute atomic E-state index is 0.380. The van der Waals surface area contributed by atoms with E-state index in [-0.39, 0.29) is 0 Å². The topological polar surface area (TPSA) is 21.3 Å². The molecule has 0 radical (unpaired) electrons. The van der Waals surface area contributed by atoms with Gasteiger partial charge in [-0.25, -0.2) is 0 Å². The average molecular weight is 238 g/mol. The van der Waals surface area contributed by atoms with E-state index in [0.717, 1.165) is 24.5 Å². The molecule has 3 heteroatoms. The third-order valence-electron chi connectivity index (χ3n) is 3.75. The molecule has 0 amide bonds. The molecule has 3 rings (SSSR count). The number of benzene rings is 1. The Labute approximate surface area is 101 Å². The molecule has 1 aromatic carbocycles. The Morgan fingerprint density at radius 3 is 3.19 bits per heavy atom. The molecule has 2 aliphatic rings. The van der Waals surface area contributed by atoms with Crippen molar-refractivity contribution in [1.82, 2.24) is 5.32 Å². The zero-order valence-electron chi connectivity index (χ0n) is 9.42. The van der Waals surface area contributed by atoms with Gasteiger partial charge in [0, 0.05) is 23.0 Å². The molecule has 86 valence electrons. The van der Waals surface area contributed by atoms with Gasteiger partial charge in [-0.3, -0.25) is 0 Å². The highest BCUT2D eigenvalue weighted by molar-refractivity contribution is 6.31. The predicted octanol–water partition coefficient (Wildman–Crippen LogP) is 2.62. The van der Waals surface area contributed by atoms with Crippen molar-refractivity contribution in [2.24, 2.45) is 0 Å². The summed E-state index contributed by atoms with van der Waals surface area (Å²) in [5.74, 6) is 0.483. The van der Waals surface area contributed by atoms with Crippen molar-refractivity contribution in [3.63, 3.8) is 0 Å². The number of hydrogen-bond acceptors (Lipinski definition) is 2. The Hall–Kier alpha value is -0.570. The minimum atomic E-state index is 0.380. The van der Waals surface area contributed by atoms with Gasteiger partial charge in [-0.05, 0) is 37.1 Å². The summed E-state index contributed by atoms with van der Waals surface area (Å²) in [4.78, 5) is 0. The molecule has 1 saturated heterocycles. The van der Waals surface area contributed by atoms with Gasteiger partial charge in [-0.15, -0.1) is 0 Å². The second kappa shape index (κ2) is 4.02. The van der Waals surface area contributed by atoms with Gasteiger partial charge in [0.1, 0.15) is 0 Å². The maximum absolute atomic E-state index is 6.24. The van der Waals surface area contributed by atoms with Gasteiger partial charge in [0.25, 0.3) is 0 Å². The zero-order chi connectivity index (χ0) is 11.1. The molecular formula is C13H16ClNO. The van der Waals surface area contributed by atoms with Crippen molar-refractivity contribution >= 4 is 11.6 Å². The van der Waals surface area contributed by atoms with E-state index in [1.807, 2.05) is 6.07 Å². The van der Waals surface area contributed by atoms with Crippen molar-refractivity contribution in [2.45, 2.75) is 32.0 Å². The number of piperidine rings is 1. The highest BCUT2D eigenvalue weighted by Crippen LogP contribution is 2.39. The Morgan fingerprint density at radius 2 is 2.31 bits per heavy atom. The third kappa shape index (κ3) is 1.56. The quantitative estimate of drug-likeness (QED) is 0.749. The molecule has 0 spiro atoms. The molecule has 1 fully saturated rings. The van der Waals surface area contributed by atoms with E-state index in [1.165, 1.54) is 16.7 Å². The number of aryl methyl sites for hydroxylation is 1. The van der Waals surface area contributed by atoms with Crippen LogP contribution in [0.5, 0.6) is 0 Å². The number of hydrogen-bond donors (Lipinski definition) is 1. The lowest BCUT2D eigenvalue weighted by Gasteiger charge is -2.38. The molecule has 2 aliphatic heterocycles. The van der Waals surface area contributed by atoms with Crippen LogP contribution in [0.1, 0.15) is 29.0 Å². The molecule has 2 atom stereocenters. The highest BCUT2D eigenvalue weighted by atomic mass is 35.5. The molecule has 0 aliphatic carbocycles. The molecule has 0 unspecified atom stereocenters. The van der Waals surface area contributed by atoms with Crippen LogP contribution >= 0.6 is 11.6 Å². The highest BCUT2D eigenvalue weighted by Gasteiger charge is 2.34. The summed E-state index contributed by atoms with van der Waals surface area (Å²) in [7, 11) is 0. The van der Waals surface area contributed by atoms with Gasteiger partial charge >= 0.3 is 0 Å². The molecule has 1 aromatic rings. The maximum atomic E-state index is 6.24.